The van der Waals surface area contributed by atoms with Crippen LogP contribution in [-0.2, 0) is 6.42 Å². The quantitative estimate of drug-likeness (QED) is 0.810. The average Bonchev–Trinajstić information content (AvgIpc) is 3.10. The molecule has 2 atom stereocenters. The van der Waals surface area contributed by atoms with Gasteiger partial charge in [0, 0.05) is 43.6 Å². The summed E-state index contributed by atoms with van der Waals surface area (Å²) in [6.07, 6.45) is 7.13. The van der Waals surface area contributed by atoms with E-state index in [1.165, 1.54) is 0 Å². The number of carbonyl (C=O) groups excluding carboxylic acids is 1. The number of aliphatic hydroxyl groups is 1. The molecule has 7 heteroatoms. The van der Waals surface area contributed by atoms with Gasteiger partial charge in [-0.25, -0.2) is 0 Å². The lowest BCUT2D eigenvalue weighted by atomic mass is 9.97. The van der Waals surface area contributed by atoms with E-state index in [0.717, 1.165) is 31.5 Å². The number of hydrogen-bond acceptors (Lipinski definition) is 5. The van der Waals surface area contributed by atoms with E-state index in [4.69, 9.17) is 0 Å². The third kappa shape index (κ3) is 4.11. The Morgan fingerprint density at radius 3 is 2.66 bits per heavy atom. The number of aromatic nitrogens is 2. The molecule has 7 nitrogen and oxygen atoms in total. The SMILES string of the molecule is Cc1ccn(C2CCNCC2)c(=O)c1C(=O)N1C[C@@H](Cc2ccncc2)[C@@H](O)C1. The Bertz CT molecular complexity index is 921. The van der Waals surface area contributed by atoms with Gasteiger partial charge >= 0.3 is 0 Å². The normalized spacial score (nSPS) is 22.8. The minimum atomic E-state index is -0.595. The van der Waals surface area contributed by atoms with E-state index in [1.54, 1.807) is 21.9 Å². The molecule has 29 heavy (non-hydrogen) atoms. The van der Waals surface area contributed by atoms with Gasteiger partial charge in [-0.3, -0.25) is 14.6 Å². The molecule has 2 aromatic rings. The van der Waals surface area contributed by atoms with Crippen LogP contribution in [0.3, 0.4) is 0 Å². The predicted octanol–water partition coefficient (Wildman–Crippen LogP) is 1.15. The van der Waals surface area contributed by atoms with Gasteiger partial charge in [0.2, 0.25) is 0 Å². The number of aryl methyl sites for hydroxylation is 1. The highest BCUT2D eigenvalue weighted by molar-refractivity contribution is 5.95. The summed E-state index contributed by atoms with van der Waals surface area (Å²) >= 11 is 0. The minimum Gasteiger partial charge on any atom is -0.391 e. The van der Waals surface area contributed by atoms with Crippen molar-refractivity contribution >= 4 is 5.91 Å². The topological polar surface area (TPSA) is 87.5 Å². The number of rotatable bonds is 4. The summed E-state index contributed by atoms with van der Waals surface area (Å²) in [5.41, 5.74) is 1.80. The second-order valence-corrected chi connectivity index (χ2v) is 8.16. The number of likely N-dealkylation sites (tertiary alicyclic amines) is 1. The summed E-state index contributed by atoms with van der Waals surface area (Å²) < 4.78 is 1.72. The summed E-state index contributed by atoms with van der Waals surface area (Å²) in [6.45, 7) is 4.27. The van der Waals surface area contributed by atoms with Crippen molar-refractivity contribution in [3.63, 3.8) is 0 Å². The zero-order valence-corrected chi connectivity index (χ0v) is 16.8. The van der Waals surface area contributed by atoms with E-state index in [2.05, 4.69) is 10.3 Å². The van der Waals surface area contributed by atoms with E-state index in [1.807, 2.05) is 31.3 Å². The first-order valence-corrected chi connectivity index (χ1v) is 10.3. The molecule has 4 rings (SSSR count). The van der Waals surface area contributed by atoms with Gasteiger partial charge < -0.3 is 19.9 Å². The molecule has 0 spiro atoms. The van der Waals surface area contributed by atoms with Crippen LogP contribution in [0.2, 0.25) is 0 Å². The number of nitrogens with one attached hydrogen (secondary N) is 1. The first-order valence-electron chi connectivity index (χ1n) is 10.3. The molecule has 4 heterocycles. The van der Waals surface area contributed by atoms with Crippen molar-refractivity contribution in [1.82, 2.24) is 19.8 Å². The molecule has 2 aliphatic rings. The first kappa shape index (κ1) is 19.8. The van der Waals surface area contributed by atoms with Crippen LogP contribution in [0.25, 0.3) is 0 Å². The molecule has 0 saturated carbocycles. The first-order chi connectivity index (χ1) is 14.0. The van der Waals surface area contributed by atoms with Gasteiger partial charge in [-0.1, -0.05) is 0 Å². The maximum absolute atomic E-state index is 13.2. The van der Waals surface area contributed by atoms with Crippen LogP contribution in [0, 0.1) is 12.8 Å². The number of amides is 1. The molecule has 2 saturated heterocycles. The number of aliphatic hydroxyl groups excluding tert-OH is 1. The Hall–Kier alpha value is -2.51. The van der Waals surface area contributed by atoms with Gasteiger partial charge in [0.15, 0.2) is 0 Å². The summed E-state index contributed by atoms with van der Waals surface area (Å²) in [4.78, 5) is 32.1. The van der Waals surface area contributed by atoms with Crippen molar-refractivity contribution in [2.45, 2.75) is 38.3 Å². The van der Waals surface area contributed by atoms with Crippen molar-refractivity contribution in [3.05, 3.63) is 63.8 Å². The van der Waals surface area contributed by atoms with Crippen molar-refractivity contribution in [2.24, 2.45) is 5.92 Å². The maximum Gasteiger partial charge on any atom is 0.263 e. The smallest absolute Gasteiger partial charge is 0.263 e. The lowest BCUT2D eigenvalue weighted by Crippen LogP contribution is -2.39. The Kier molecular flexibility index (Phi) is 5.78. The second kappa shape index (κ2) is 8.47. The van der Waals surface area contributed by atoms with Crippen LogP contribution in [-0.4, -0.2) is 57.7 Å². The predicted molar refractivity (Wildman–Crippen MR) is 110 cm³/mol. The van der Waals surface area contributed by atoms with Crippen LogP contribution < -0.4 is 10.9 Å². The Morgan fingerprint density at radius 1 is 1.21 bits per heavy atom. The van der Waals surface area contributed by atoms with Crippen molar-refractivity contribution in [1.29, 1.82) is 0 Å². The molecule has 2 aliphatic heterocycles. The number of hydrogen-bond donors (Lipinski definition) is 2. The molecular weight excluding hydrogens is 368 g/mol. The zero-order chi connectivity index (χ0) is 20.4. The van der Waals surface area contributed by atoms with Crippen LogP contribution in [0.5, 0.6) is 0 Å². The number of carbonyl (C=O) groups is 1. The van der Waals surface area contributed by atoms with Crippen LogP contribution >= 0.6 is 0 Å². The number of piperidine rings is 1. The summed E-state index contributed by atoms with van der Waals surface area (Å²) in [5, 5.41) is 13.8. The van der Waals surface area contributed by atoms with Gasteiger partial charge in [0.1, 0.15) is 5.56 Å². The lowest BCUT2D eigenvalue weighted by Gasteiger charge is -2.26. The molecular formula is C22H28N4O3. The third-order valence-electron chi connectivity index (χ3n) is 6.18. The van der Waals surface area contributed by atoms with Crippen molar-refractivity contribution < 1.29 is 9.90 Å². The van der Waals surface area contributed by atoms with E-state index in [0.29, 0.717) is 18.5 Å². The van der Waals surface area contributed by atoms with Crippen molar-refractivity contribution in [2.75, 3.05) is 26.2 Å². The molecule has 2 N–H and O–H groups in total. The Labute approximate surface area is 170 Å². The number of nitrogens with zero attached hydrogens (tertiary/aromatic N) is 3. The fourth-order valence-corrected chi connectivity index (χ4v) is 4.47. The molecule has 2 aromatic heterocycles. The second-order valence-electron chi connectivity index (χ2n) is 8.16. The molecule has 0 aromatic carbocycles. The third-order valence-corrected chi connectivity index (χ3v) is 6.18. The summed E-state index contributed by atoms with van der Waals surface area (Å²) in [5.74, 6) is -0.316. The highest BCUT2D eigenvalue weighted by atomic mass is 16.3. The Morgan fingerprint density at radius 2 is 1.93 bits per heavy atom. The standard InChI is InChI=1S/C22H28N4O3/c1-15-6-11-26(18-4-9-24-10-5-18)22(29)20(15)21(28)25-13-17(19(27)14-25)12-16-2-7-23-8-3-16/h2-3,6-8,11,17-19,24,27H,4-5,9-10,12-14H2,1H3/t17-,19+/m1/s1. The van der Waals surface area contributed by atoms with E-state index < -0.39 is 6.10 Å². The van der Waals surface area contributed by atoms with Gasteiger partial charge in [-0.15, -0.1) is 0 Å². The minimum absolute atomic E-state index is 0.0444. The highest BCUT2D eigenvalue weighted by Crippen LogP contribution is 2.24. The average molecular weight is 396 g/mol. The summed E-state index contributed by atoms with van der Waals surface area (Å²) in [7, 11) is 0. The number of β-amino-alcohol motifs (C(OH)–C–C–N with tert-alkyl or cyclic N) is 1. The zero-order valence-electron chi connectivity index (χ0n) is 16.8. The van der Waals surface area contributed by atoms with Crippen molar-refractivity contribution in [3.8, 4) is 0 Å². The molecule has 154 valence electrons. The largest absolute Gasteiger partial charge is 0.391 e. The molecule has 0 bridgehead atoms. The van der Waals surface area contributed by atoms with Gasteiger partial charge in [-0.05, 0) is 68.6 Å². The maximum atomic E-state index is 13.2. The molecule has 0 aliphatic carbocycles. The van der Waals surface area contributed by atoms with E-state index in [9.17, 15) is 14.7 Å². The van der Waals surface area contributed by atoms with Crippen LogP contribution in [0.1, 0.15) is 40.4 Å². The fourth-order valence-electron chi connectivity index (χ4n) is 4.47. The number of pyridine rings is 2. The van der Waals surface area contributed by atoms with Gasteiger partial charge in [0.05, 0.1) is 6.10 Å². The molecule has 0 unspecified atom stereocenters. The fraction of sp³-hybridized carbons (Fsp3) is 0.500. The van der Waals surface area contributed by atoms with Gasteiger partial charge in [-0.2, -0.15) is 0 Å². The molecule has 1 amide bonds. The van der Waals surface area contributed by atoms with Crippen LogP contribution in [0.15, 0.2) is 41.6 Å². The summed E-state index contributed by atoms with van der Waals surface area (Å²) in [6, 6.07) is 5.84. The highest BCUT2D eigenvalue weighted by Gasteiger charge is 2.36. The molecule has 2 fully saturated rings. The van der Waals surface area contributed by atoms with Crippen LogP contribution in [0.4, 0.5) is 0 Å². The lowest BCUT2D eigenvalue weighted by molar-refractivity contribution is 0.0761. The monoisotopic (exact) mass is 396 g/mol. The Balaban J connectivity index is 1.54. The molecule has 0 radical (unpaired) electrons. The van der Waals surface area contributed by atoms with Gasteiger partial charge in [0.25, 0.3) is 11.5 Å². The van der Waals surface area contributed by atoms with E-state index in [-0.39, 0.29) is 35.5 Å². The van der Waals surface area contributed by atoms with E-state index >= 15 is 0 Å².